The Labute approximate surface area is 139 Å². The van der Waals surface area contributed by atoms with Gasteiger partial charge in [-0.15, -0.1) is 0 Å². The lowest BCUT2D eigenvalue weighted by atomic mass is 9.79. The zero-order valence-electron chi connectivity index (χ0n) is 14.6. The van der Waals surface area contributed by atoms with Gasteiger partial charge in [-0.3, -0.25) is 4.79 Å². The number of benzene rings is 1. The number of aryl methyl sites for hydroxylation is 1. The van der Waals surface area contributed by atoms with E-state index in [4.69, 9.17) is 5.73 Å². The van der Waals surface area contributed by atoms with Crippen LogP contribution in [-0.2, 0) is 0 Å². The van der Waals surface area contributed by atoms with E-state index in [1.54, 1.807) is 0 Å². The maximum atomic E-state index is 13.2. The molecular weight excluding hydrogens is 286 g/mol. The largest absolute Gasteiger partial charge is 0.371 e. The molecule has 4 heteroatoms. The summed E-state index contributed by atoms with van der Waals surface area (Å²) in [5.41, 5.74) is 9.30. The molecule has 0 bridgehead atoms. The van der Waals surface area contributed by atoms with Crippen LogP contribution in [0, 0.1) is 12.3 Å². The average Bonchev–Trinajstić information content (AvgIpc) is 3.03. The highest BCUT2D eigenvalue weighted by Gasteiger charge is 2.36. The fourth-order valence-electron chi connectivity index (χ4n) is 3.77. The third-order valence-electron chi connectivity index (χ3n) is 5.43. The molecule has 0 radical (unpaired) electrons. The van der Waals surface area contributed by atoms with Crippen LogP contribution < -0.4 is 10.6 Å². The van der Waals surface area contributed by atoms with Crippen molar-refractivity contribution in [3.05, 3.63) is 29.3 Å². The molecule has 23 heavy (non-hydrogen) atoms. The van der Waals surface area contributed by atoms with Gasteiger partial charge >= 0.3 is 0 Å². The molecule has 1 atom stereocenters. The number of piperidine rings is 1. The number of carbonyl (C=O) groups excluding carboxylic acids is 1. The van der Waals surface area contributed by atoms with E-state index < -0.39 is 0 Å². The topological polar surface area (TPSA) is 49.6 Å². The number of nitrogens with zero attached hydrogens (tertiary/aromatic N) is 2. The number of amides is 1. The minimum Gasteiger partial charge on any atom is -0.371 e. The van der Waals surface area contributed by atoms with Crippen molar-refractivity contribution in [2.24, 2.45) is 11.1 Å². The van der Waals surface area contributed by atoms with Crippen molar-refractivity contribution < 1.29 is 4.79 Å². The second-order valence-electron chi connectivity index (χ2n) is 7.83. The predicted molar refractivity (Wildman–Crippen MR) is 94.9 cm³/mol. The van der Waals surface area contributed by atoms with E-state index in [2.05, 4.69) is 43.9 Å². The lowest BCUT2D eigenvalue weighted by molar-refractivity contribution is 0.0533. The summed E-state index contributed by atoms with van der Waals surface area (Å²) in [6, 6.07) is 6.45. The number of rotatable bonds is 2. The van der Waals surface area contributed by atoms with Gasteiger partial charge in [0, 0.05) is 37.9 Å². The van der Waals surface area contributed by atoms with Crippen LogP contribution in [0.2, 0.25) is 0 Å². The first-order valence-electron chi connectivity index (χ1n) is 8.79. The number of nitrogens with two attached hydrogens (primary N) is 1. The van der Waals surface area contributed by atoms with Crippen molar-refractivity contribution in [1.82, 2.24) is 4.90 Å². The predicted octanol–water partition coefficient (Wildman–Crippen LogP) is 2.79. The Balaban J connectivity index is 1.88. The second kappa shape index (κ2) is 6.16. The van der Waals surface area contributed by atoms with Crippen LogP contribution in [0.15, 0.2) is 18.2 Å². The molecule has 2 aliphatic rings. The van der Waals surface area contributed by atoms with Crippen LogP contribution in [0.1, 0.15) is 49.0 Å². The molecule has 2 aliphatic heterocycles. The van der Waals surface area contributed by atoms with E-state index in [0.29, 0.717) is 0 Å². The van der Waals surface area contributed by atoms with Crippen molar-refractivity contribution >= 4 is 11.6 Å². The molecule has 2 N–H and O–H groups in total. The van der Waals surface area contributed by atoms with Crippen LogP contribution in [0.25, 0.3) is 0 Å². The van der Waals surface area contributed by atoms with E-state index in [1.807, 2.05) is 4.90 Å². The van der Waals surface area contributed by atoms with Gasteiger partial charge in [-0.2, -0.15) is 0 Å². The van der Waals surface area contributed by atoms with Gasteiger partial charge in [-0.1, -0.05) is 25.5 Å². The fraction of sp³-hybridized carbons (Fsp3) is 0.632. The minimum absolute atomic E-state index is 0.0223. The van der Waals surface area contributed by atoms with E-state index in [1.165, 1.54) is 12.8 Å². The first-order valence-corrected chi connectivity index (χ1v) is 8.79. The summed E-state index contributed by atoms with van der Waals surface area (Å²) < 4.78 is 0. The zero-order valence-corrected chi connectivity index (χ0v) is 14.6. The van der Waals surface area contributed by atoms with Crippen LogP contribution in [0.5, 0.6) is 0 Å². The molecule has 0 aromatic heterocycles. The summed E-state index contributed by atoms with van der Waals surface area (Å²) >= 11 is 0. The van der Waals surface area contributed by atoms with Gasteiger partial charge < -0.3 is 15.5 Å². The van der Waals surface area contributed by atoms with Crippen molar-refractivity contribution in [1.29, 1.82) is 0 Å². The molecule has 0 saturated carbocycles. The molecule has 4 nitrogen and oxygen atoms in total. The van der Waals surface area contributed by atoms with Gasteiger partial charge in [0.2, 0.25) is 0 Å². The summed E-state index contributed by atoms with van der Waals surface area (Å²) in [5, 5.41) is 0. The molecule has 1 aromatic rings. The van der Waals surface area contributed by atoms with Gasteiger partial charge in [0.05, 0.1) is 5.56 Å². The summed E-state index contributed by atoms with van der Waals surface area (Å²) in [6.07, 6.45) is 3.31. The Bertz CT molecular complexity index is 590. The van der Waals surface area contributed by atoms with E-state index >= 15 is 0 Å². The summed E-state index contributed by atoms with van der Waals surface area (Å²) in [7, 11) is 0. The van der Waals surface area contributed by atoms with Crippen molar-refractivity contribution in [3.8, 4) is 0 Å². The maximum absolute atomic E-state index is 13.2. The Hall–Kier alpha value is -1.55. The van der Waals surface area contributed by atoms with E-state index in [0.717, 1.165) is 49.4 Å². The molecule has 1 amide bonds. The van der Waals surface area contributed by atoms with Crippen LogP contribution >= 0.6 is 0 Å². The highest BCUT2D eigenvalue weighted by atomic mass is 16.2. The monoisotopic (exact) mass is 315 g/mol. The quantitative estimate of drug-likeness (QED) is 0.913. The Morgan fingerprint density at radius 3 is 2.57 bits per heavy atom. The number of hydrogen-bond donors (Lipinski definition) is 1. The third kappa shape index (κ3) is 3.23. The van der Waals surface area contributed by atoms with Crippen LogP contribution in [-0.4, -0.2) is 43.0 Å². The second-order valence-corrected chi connectivity index (χ2v) is 7.83. The average molecular weight is 315 g/mol. The number of carbonyl (C=O) groups is 1. The molecule has 1 unspecified atom stereocenters. The molecule has 2 fully saturated rings. The Morgan fingerprint density at radius 1 is 1.22 bits per heavy atom. The zero-order chi connectivity index (χ0) is 16.6. The molecule has 126 valence electrons. The SMILES string of the molecule is Cc1ccc(N2CCCC2)c(C(=O)N2CCC(N)C(C)(C)C2)c1. The molecular formula is C19H29N3O. The summed E-state index contributed by atoms with van der Waals surface area (Å²) in [5.74, 6) is 0.163. The highest BCUT2D eigenvalue weighted by Crippen LogP contribution is 2.31. The lowest BCUT2D eigenvalue weighted by Gasteiger charge is -2.43. The third-order valence-corrected chi connectivity index (χ3v) is 5.43. The molecule has 2 saturated heterocycles. The molecule has 0 spiro atoms. The van der Waals surface area contributed by atoms with Crippen molar-refractivity contribution in [2.75, 3.05) is 31.1 Å². The Morgan fingerprint density at radius 2 is 1.91 bits per heavy atom. The van der Waals surface area contributed by atoms with Gasteiger partial charge in [-0.25, -0.2) is 0 Å². The lowest BCUT2D eigenvalue weighted by Crippen LogP contribution is -2.54. The Kier molecular flexibility index (Phi) is 4.37. The van der Waals surface area contributed by atoms with Gasteiger partial charge in [0.25, 0.3) is 5.91 Å². The first-order chi connectivity index (χ1) is 10.9. The first kappa shape index (κ1) is 16.3. The van der Waals surface area contributed by atoms with E-state index in [9.17, 15) is 4.79 Å². The van der Waals surface area contributed by atoms with Crippen molar-refractivity contribution in [2.45, 2.75) is 46.1 Å². The normalized spacial score (nSPS) is 24.1. The fourth-order valence-corrected chi connectivity index (χ4v) is 3.77. The van der Waals surface area contributed by atoms with Gasteiger partial charge in [0.15, 0.2) is 0 Å². The van der Waals surface area contributed by atoms with Gasteiger partial charge in [-0.05, 0) is 43.7 Å². The van der Waals surface area contributed by atoms with Gasteiger partial charge in [0.1, 0.15) is 0 Å². The summed E-state index contributed by atoms with van der Waals surface area (Å²) in [4.78, 5) is 17.5. The number of hydrogen-bond acceptors (Lipinski definition) is 3. The molecule has 0 aliphatic carbocycles. The highest BCUT2D eigenvalue weighted by molar-refractivity contribution is 6.00. The maximum Gasteiger partial charge on any atom is 0.255 e. The van der Waals surface area contributed by atoms with Crippen LogP contribution in [0.4, 0.5) is 5.69 Å². The van der Waals surface area contributed by atoms with Crippen molar-refractivity contribution in [3.63, 3.8) is 0 Å². The smallest absolute Gasteiger partial charge is 0.255 e. The molecule has 3 rings (SSSR count). The number of anilines is 1. The minimum atomic E-state index is -0.0223. The van der Waals surface area contributed by atoms with Crippen LogP contribution in [0.3, 0.4) is 0 Å². The molecule has 1 aromatic carbocycles. The standard InChI is InChI=1S/C19H29N3O/c1-14-6-7-16(21-9-4-5-10-21)15(12-14)18(23)22-11-8-17(20)19(2,3)13-22/h6-7,12,17H,4-5,8-11,13,20H2,1-3H3. The summed E-state index contributed by atoms with van der Waals surface area (Å²) in [6.45, 7) is 9.99. The number of likely N-dealkylation sites (tertiary alicyclic amines) is 1. The molecule has 2 heterocycles. The van der Waals surface area contributed by atoms with E-state index in [-0.39, 0.29) is 17.4 Å².